The molecule has 1 heterocycles. The third-order valence-electron chi connectivity index (χ3n) is 2.06. The fourth-order valence-electron chi connectivity index (χ4n) is 1.24. The van der Waals surface area contributed by atoms with Crippen molar-refractivity contribution in [3.63, 3.8) is 0 Å². The van der Waals surface area contributed by atoms with E-state index in [1.54, 1.807) is 0 Å². The summed E-state index contributed by atoms with van der Waals surface area (Å²) in [7, 11) is 0. The largest absolute Gasteiger partial charge is 0.347 e. The Labute approximate surface area is 86.4 Å². The summed E-state index contributed by atoms with van der Waals surface area (Å²) < 4.78 is 0. The van der Waals surface area contributed by atoms with E-state index in [4.69, 9.17) is 11.7 Å². The maximum Gasteiger partial charge on any atom is 0.242 e. The number of nitrogens with zero attached hydrogens (tertiary/aromatic N) is 1. The Kier molecular flexibility index (Phi) is 3.86. The van der Waals surface area contributed by atoms with Gasteiger partial charge in [0.15, 0.2) is 5.84 Å². The normalized spacial score (nSPS) is 21.0. The molecule has 0 aromatic heterocycles. The first kappa shape index (κ1) is 11.2. The maximum absolute atomic E-state index is 11.4. The van der Waals surface area contributed by atoms with Crippen molar-refractivity contribution in [2.24, 2.45) is 16.8 Å². The van der Waals surface area contributed by atoms with Crippen molar-refractivity contribution >= 4 is 17.6 Å². The molecular weight excluding hydrogens is 200 g/mol. The zero-order valence-electron chi connectivity index (χ0n) is 8.12. The SMILES string of the molecule is N/N=C(/CNC(=O)C1CCC(=O)N1)NN. The average Bonchev–Trinajstić information content (AvgIpc) is 2.66. The van der Waals surface area contributed by atoms with Gasteiger partial charge in [-0.25, -0.2) is 5.84 Å². The highest BCUT2D eigenvalue weighted by Gasteiger charge is 2.26. The second-order valence-electron chi connectivity index (χ2n) is 3.10. The summed E-state index contributed by atoms with van der Waals surface area (Å²) in [4.78, 5) is 22.3. The van der Waals surface area contributed by atoms with Gasteiger partial charge in [-0.15, -0.1) is 0 Å². The van der Waals surface area contributed by atoms with E-state index in [0.29, 0.717) is 12.8 Å². The molecule has 2 amide bonds. The zero-order valence-corrected chi connectivity index (χ0v) is 8.12. The Morgan fingerprint density at radius 3 is 2.87 bits per heavy atom. The lowest BCUT2D eigenvalue weighted by Crippen LogP contribution is -2.46. The summed E-state index contributed by atoms with van der Waals surface area (Å²) in [5.74, 6) is 9.91. The molecule has 0 bridgehead atoms. The van der Waals surface area contributed by atoms with Crippen LogP contribution >= 0.6 is 0 Å². The number of hydrogen-bond acceptors (Lipinski definition) is 5. The van der Waals surface area contributed by atoms with Crippen LogP contribution in [0.4, 0.5) is 0 Å². The number of nitrogens with one attached hydrogen (secondary N) is 3. The van der Waals surface area contributed by atoms with Gasteiger partial charge in [0, 0.05) is 6.42 Å². The van der Waals surface area contributed by atoms with Crippen LogP contribution in [0.5, 0.6) is 0 Å². The van der Waals surface area contributed by atoms with Gasteiger partial charge in [-0.05, 0) is 6.42 Å². The van der Waals surface area contributed by atoms with Gasteiger partial charge in [0.2, 0.25) is 11.8 Å². The summed E-state index contributed by atoms with van der Waals surface area (Å²) in [6.07, 6.45) is 0.890. The fraction of sp³-hybridized carbons (Fsp3) is 0.571. The molecule has 0 aromatic rings. The van der Waals surface area contributed by atoms with Crippen molar-refractivity contribution < 1.29 is 9.59 Å². The number of hydrazine groups is 1. The molecule has 1 aliphatic heterocycles. The van der Waals surface area contributed by atoms with Gasteiger partial charge in [0.25, 0.3) is 0 Å². The number of hydrazone groups is 1. The van der Waals surface area contributed by atoms with Crippen LogP contribution in [0.2, 0.25) is 0 Å². The topological polar surface area (TPSA) is 135 Å². The number of nitrogens with two attached hydrogens (primary N) is 2. The highest BCUT2D eigenvalue weighted by atomic mass is 16.2. The van der Waals surface area contributed by atoms with Gasteiger partial charge in [-0.2, -0.15) is 5.10 Å². The number of rotatable bonds is 3. The second kappa shape index (κ2) is 5.15. The Balaban J connectivity index is 2.33. The molecule has 1 aliphatic rings. The molecule has 7 N–H and O–H groups in total. The maximum atomic E-state index is 11.4. The Morgan fingerprint density at radius 1 is 1.67 bits per heavy atom. The van der Waals surface area contributed by atoms with Crippen LogP contribution in [0.15, 0.2) is 5.10 Å². The minimum Gasteiger partial charge on any atom is -0.347 e. The summed E-state index contributed by atoms with van der Waals surface area (Å²) >= 11 is 0. The van der Waals surface area contributed by atoms with Crippen molar-refractivity contribution in [3.8, 4) is 0 Å². The molecule has 0 aromatic carbocycles. The molecule has 15 heavy (non-hydrogen) atoms. The van der Waals surface area contributed by atoms with Crippen LogP contribution in [-0.4, -0.2) is 30.2 Å². The first-order chi connectivity index (χ1) is 7.17. The molecule has 84 valence electrons. The van der Waals surface area contributed by atoms with Gasteiger partial charge >= 0.3 is 0 Å². The highest BCUT2D eigenvalue weighted by Crippen LogP contribution is 2.05. The lowest BCUT2D eigenvalue weighted by atomic mass is 10.2. The molecule has 0 saturated carbocycles. The van der Waals surface area contributed by atoms with Gasteiger partial charge in [-0.3, -0.25) is 9.59 Å². The minimum absolute atomic E-state index is 0.109. The second-order valence-corrected chi connectivity index (χ2v) is 3.10. The number of amidine groups is 1. The van der Waals surface area contributed by atoms with E-state index in [1.165, 1.54) is 0 Å². The van der Waals surface area contributed by atoms with E-state index < -0.39 is 6.04 Å². The molecule has 8 nitrogen and oxygen atoms in total. The standard InChI is InChI=1S/C7H14N6O2/c8-12-5(13-9)3-10-7(15)4-1-2-6(14)11-4/h4H,1-3,8-9H2,(H,10,15)(H,11,14)(H,12,13). The third-order valence-corrected chi connectivity index (χ3v) is 2.06. The molecular formula is C7H14N6O2. The summed E-state index contributed by atoms with van der Waals surface area (Å²) in [6, 6.07) is -0.464. The number of carbonyl (C=O) groups is 2. The van der Waals surface area contributed by atoms with Crippen LogP contribution in [0, 0.1) is 0 Å². The highest BCUT2D eigenvalue weighted by molar-refractivity contribution is 5.93. The quantitative estimate of drug-likeness (QED) is 0.149. The Bertz CT molecular complexity index is 289. The molecule has 0 aliphatic carbocycles. The van der Waals surface area contributed by atoms with Crippen molar-refractivity contribution in [2.75, 3.05) is 6.54 Å². The molecule has 0 radical (unpaired) electrons. The van der Waals surface area contributed by atoms with E-state index in [0.717, 1.165) is 0 Å². The van der Waals surface area contributed by atoms with E-state index in [2.05, 4.69) is 21.2 Å². The smallest absolute Gasteiger partial charge is 0.242 e. The fourth-order valence-corrected chi connectivity index (χ4v) is 1.24. The van der Waals surface area contributed by atoms with E-state index >= 15 is 0 Å². The number of hydrogen-bond donors (Lipinski definition) is 5. The molecule has 1 fully saturated rings. The van der Waals surface area contributed by atoms with E-state index in [-0.39, 0.29) is 24.2 Å². The lowest BCUT2D eigenvalue weighted by Gasteiger charge is -2.11. The summed E-state index contributed by atoms with van der Waals surface area (Å²) in [5.41, 5.74) is 2.23. The van der Waals surface area contributed by atoms with Crippen LogP contribution in [0.3, 0.4) is 0 Å². The predicted octanol–water partition coefficient (Wildman–Crippen LogP) is -2.88. The van der Waals surface area contributed by atoms with Gasteiger partial charge < -0.3 is 21.9 Å². The molecule has 1 unspecified atom stereocenters. The van der Waals surface area contributed by atoms with Crippen LogP contribution in [0.1, 0.15) is 12.8 Å². The molecule has 1 atom stereocenters. The van der Waals surface area contributed by atoms with E-state index in [9.17, 15) is 9.59 Å². The summed E-state index contributed by atoms with van der Waals surface area (Å²) in [5, 5.41) is 8.38. The van der Waals surface area contributed by atoms with Gasteiger partial charge in [-0.1, -0.05) is 0 Å². The van der Waals surface area contributed by atoms with E-state index in [1.807, 2.05) is 0 Å². The number of carbonyl (C=O) groups excluding carboxylic acids is 2. The van der Waals surface area contributed by atoms with Crippen LogP contribution in [0.25, 0.3) is 0 Å². The average molecular weight is 214 g/mol. The van der Waals surface area contributed by atoms with Crippen molar-refractivity contribution in [1.82, 2.24) is 16.1 Å². The number of amides is 2. The Hall–Kier alpha value is -1.83. The minimum atomic E-state index is -0.464. The molecule has 8 heteroatoms. The summed E-state index contributed by atoms with van der Waals surface area (Å²) in [6.45, 7) is 0.109. The molecule has 0 spiro atoms. The first-order valence-electron chi connectivity index (χ1n) is 4.47. The Morgan fingerprint density at radius 2 is 2.40 bits per heavy atom. The van der Waals surface area contributed by atoms with Gasteiger partial charge in [0.1, 0.15) is 6.04 Å². The third kappa shape index (κ3) is 3.09. The van der Waals surface area contributed by atoms with Crippen molar-refractivity contribution in [3.05, 3.63) is 0 Å². The first-order valence-corrected chi connectivity index (χ1v) is 4.47. The van der Waals surface area contributed by atoms with Crippen LogP contribution in [-0.2, 0) is 9.59 Å². The van der Waals surface area contributed by atoms with Crippen molar-refractivity contribution in [2.45, 2.75) is 18.9 Å². The van der Waals surface area contributed by atoms with Crippen molar-refractivity contribution in [1.29, 1.82) is 0 Å². The zero-order chi connectivity index (χ0) is 11.3. The predicted molar refractivity (Wildman–Crippen MR) is 53.1 cm³/mol. The monoisotopic (exact) mass is 214 g/mol. The molecule has 1 rings (SSSR count). The van der Waals surface area contributed by atoms with Gasteiger partial charge in [0.05, 0.1) is 6.54 Å². The lowest BCUT2D eigenvalue weighted by molar-refractivity contribution is -0.125. The molecule has 1 saturated heterocycles. The van der Waals surface area contributed by atoms with Crippen LogP contribution < -0.4 is 27.7 Å².